The van der Waals surface area contributed by atoms with E-state index >= 15 is 0 Å². The molecule has 0 spiro atoms. The number of amides is 2. The van der Waals surface area contributed by atoms with E-state index in [1.54, 1.807) is 6.07 Å². The van der Waals surface area contributed by atoms with Gasteiger partial charge in [0.2, 0.25) is 5.91 Å². The van der Waals surface area contributed by atoms with Gasteiger partial charge in [-0.1, -0.05) is 18.2 Å². The summed E-state index contributed by atoms with van der Waals surface area (Å²) < 4.78 is 0. The van der Waals surface area contributed by atoms with Crippen molar-refractivity contribution in [3.63, 3.8) is 0 Å². The molecule has 0 saturated heterocycles. The number of rotatable bonds is 8. The normalized spacial score (nSPS) is 10.3. The van der Waals surface area contributed by atoms with Gasteiger partial charge in [0.05, 0.1) is 0 Å². The minimum Gasteiger partial charge on any atom is -0.372 e. The van der Waals surface area contributed by atoms with Crippen LogP contribution in [0.25, 0.3) is 0 Å². The van der Waals surface area contributed by atoms with E-state index < -0.39 is 0 Å². The second-order valence-electron chi connectivity index (χ2n) is 6.09. The summed E-state index contributed by atoms with van der Waals surface area (Å²) in [4.78, 5) is 26.4. The lowest BCUT2D eigenvalue weighted by Gasteiger charge is -2.21. The average molecular weight is 353 g/mol. The first-order chi connectivity index (χ1) is 12.5. The van der Waals surface area contributed by atoms with E-state index in [-0.39, 0.29) is 18.2 Å². The van der Waals surface area contributed by atoms with Crippen molar-refractivity contribution in [3.8, 4) is 0 Å². The third-order valence-corrected chi connectivity index (χ3v) is 4.31. The molecule has 2 aromatic carbocycles. The van der Waals surface area contributed by atoms with Crippen molar-refractivity contribution in [2.24, 2.45) is 0 Å². The first-order valence-corrected chi connectivity index (χ1v) is 9.03. The molecular weight excluding hydrogens is 326 g/mol. The molecule has 0 radical (unpaired) electrons. The molecule has 0 fully saturated rings. The van der Waals surface area contributed by atoms with Gasteiger partial charge in [0, 0.05) is 43.0 Å². The van der Waals surface area contributed by atoms with Gasteiger partial charge >= 0.3 is 0 Å². The molecule has 0 unspecified atom stereocenters. The SMILES string of the molecule is CCN(CC)c1ccc(NC(=O)CCNC(=O)c2ccccc2C)cc1. The van der Waals surface area contributed by atoms with Gasteiger partial charge in [-0.15, -0.1) is 0 Å². The van der Waals surface area contributed by atoms with Crippen molar-refractivity contribution in [2.75, 3.05) is 29.9 Å². The van der Waals surface area contributed by atoms with Crippen LogP contribution in [0.4, 0.5) is 11.4 Å². The first-order valence-electron chi connectivity index (χ1n) is 9.03. The van der Waals surface area contributed by atoms with Gasteiger partial charge in [0.1, 0.15) is 0 Å². The number of carbonyl (C=O) groups is 2. The molecule has 5 nitrogen and oxygen atoms in total. The summed E-state index contributed by atoms with van der Waals surface area (Å²) in [5.41, 5.74) is 3.46. The van der Waals surface area contributed by atoms with Crippen LogP contribution < -0.4 is 15.5 Å². The number of nitrogens with one attached hydrogen (secondary N) is 2. The van der Waals surface area contributed by atoms with Crippen LogP contribution in [0, 0.1) is 6.92 Å². The highest BCUT2D eigenvalue weighted by atomic mass is 16.2. The van der Waals surface area contributed by atoms with Gasteiger partial charge in [0.25, 0.3) is 5.91 Å². The number of nitrogens with zero attached hydrogens (tertiary/aromatic N) is 1. The Kier molecular flexibility index (Phi) is 7.21. The molecule has 0 aromatic heterocycles. The summed E-state index contributed by atoms with van der Waals surface area (Å²) in [6.07, 6.45) is 0.232. The number of hydrogen-bond acceptors (Lipinski definition) is 3. The van der Waals surface area contributed by atoms with E-state index in [1.165, 1.54) is 0 Å². The molecule has 0 aliphatic rings. The zero-order valence-corrected chi connectivity index (χ0v) is 15.7. The monoisotopic (exact) mass is 353 g/mol. The summed E-state index contributed by atoms with van der Waals surface area (Å²) in [6, 6.07) is 15.2. The van der Waals surface area contributed by atoms with Crippen LogP contribution in [0.15, 0.2) is 48.5 Å². The minimum absolute atomic E-state index is 0.120. The molecule has 138 valence electrons. The molecule has 0 aliphatic carbocycles. The zero-order valence-electron chi connectivity index (χ0n) is 15.7. The lowest BCUT2D eigenvalue weighted by atomic mass is 10.1. The molecule has 0 atom stereocenters. The highest BCUT2D eigenvalue weighted by molar-refractivity contribution is 5.96. The highest BCUT2D eigenvalue weighted by Gasteiger charge is 2.09. The largest absolute Gasteiger partial charge is 0.372 e. The summed E-state index contributed by atoms with van der Waals surface area (Å²) in [7, 11) is 0. The van der Waals surface area contributed by atoms with Crippen molar-refractivity contribution < 1.29 is 9.59 Å². The molecule has 0 bridgehead atoms. The lowest BCUT2D eigenvalue weighted by Crippen LogP contribution is -2.28. The standard InChI is InChI=1S/C21H27N3O2/c1-4-24(5-2)18-12-10-17(11-13-18)23-20(25)14-15-22-21(26)19-9-7-6-8-16(19)3/h6-13H,4-5,14-15H2,1-3H3,(H,22,26)(H,23,25). The Hall–Kier alpha value is -2.82. The van der Waals surface area contributed by atoms with Crippen molar-refractivity contribution in [1.29, 1.82) is 0 Å². The van der Waals surface area contributed by atoms with Crippen LogP contribution >= 0.6 is 0 Å². The van der Waals surface area contributed by atoms with E-state index in [0.29, 0.717) is 12.1 Å². The second-order valence-corrected chi connectivity index (χ2v) is 6.09. The predicted octanol–water partition coefficient (Wildman–Crippen LogP) is 3.60. The van der Waals surface area contributed by atoms with E-state index in [0.717, 1.165) is 30.0 Å². The Labute approximate surface area is 155 Å². The Bertz CT molecular complexity index is 737. The molecule has 2 aromatic rings. The molecule has 0 heterocycles. The van der Waals surface area contributed by atoms with Crippen LogP contribution in [-0.4, -0.2) is 31.4 Å². The smallest absolute Gasteiger partial charge is 0.251 e. The second kappa shape index (κ2) is 9.61. The Morgan fingerprint density at radius 2 is 1.62 bits per heavy atom. The quantitative estimate of drug-likeness (QED) is 0.762. The van der Waals surface area contributed by atoms with Crippen LogP contribution in [0.5, 0.6) is 0 Å². The Morgan fingerprint density at radius 1 is 0.962 bits per heavy atom. The summed E-state index contributed by atoms with van der Waals surface area (Å²) in [5, 5.41) is 5.65. The maximum absolute atomic E-state index is 12.1. The van der Waals surface area contributed by atoms with Crippen molar-refractivity contribution in [3.05, 3.63) is 59.7 Å². The van der Waals surface area contributed by atoms with Crippen LogP contribution in [-0.2, 0) is 4.79 Å². The molecule has 2 N–H and O–H groups in total. The van der Waals surface area contributed by atoms with E-state index in [4.69, 9.17) is 0 Å². The molecule has 2 amide bonds. The highest BCUT2D eigenvalue weighted by Crippen LogP contribution is 2.17. The third kappa shape index (κ3) is 5.34. The topological polar surface area (TPSA) is 61.4 Å². The van der Waals surface area contributed by atoms with Gasteiger partial charge in [-0.25, -0.2) is 0 Å². The Balaban J connectivity index is 1.80. The summed E-state index contributed by atoms with van der Waals surface area (Å²) in [5.74, 6) is -0.273. The number of benzene rings is 2. The minimum atomic E-state index is -0.153. The third-order valence-electron chi connectivity index (χ3n) is 4.31. The summed E-state index contributed by atoms with van der Waals surface area (Å²) in [6.45, 7) is 8.32. The van der Waals surface area contributed by atoms with Crippen molar-refractivity contribution in [1.82, 2.24) is 5.32 Å². The van der Waals surface area contributed by atoms with Gasteiger partial charge in [0.15, 0.2) is 0 Å². The molecule has 0 aliphatic heterocycles. The van der Waals surface area contributed by atoms with E-state index in [1.807, 2.05) is 49.4 Å². The number of hydrogen-bond donors (Lipinski definition) is 2. The molecule has 5 heteroatoms. The van der Waals surface area contributed by atoms with Crippen LogP contribution in [0.3, 0.4) is 0 Å². The van der Waals surface area contributed by atoms with E-state index in [2.05, 4.69) is 29.4 Å². The fourth-order valence-corrected chi connectivity index (χ4v) is 2.78. The van der Waals surface area contributed by atoms with Gasteiger partial charge in [-0.05, 0) is 56.7 Å². The van der Waals surface area contributed by atoms with Gasteiger partial charge < -0.3 is 15.5 Å². The molecule has 2 rings (SSSR count). The Morgan fingerprint density at radius 3 is 2.23 bits per heavy atom. The number of anilines is 2. The number of aryl methyl sites for hydroxylation is 1. The van der Waals surface area contributed by atoms with Crippen molar-refractivity contribution in [2.45, 2.75) is 27.2 Å². The van der Waals surface area contributed by atoms with Gasteiger partial charge in [-0.2, -0.15) is 0 Å². The number of carbonyl (C=O) groups excluding carboxylic acids is 2. The van der Waals surface area contributed by atoms with Crippen LogP contribution in [0.2, 0.25) is 0 Å². The molecule has 26 heavy (non-hydrogen) atoms. The van der Waals surface area contributed by atoms with Gasteiger partial charge in [-0.3, -0.25) is 9.59 Å². The maximum Gasteiger partial charge on any atom is 0.251 e. The average Bonchev–Trinajstić information content (AvgIpc) is 2.64. The maximum atomic E-state index is 12.1. The summed E-state index contributed by atoms with van der Waals surface area (Å²) >= 11 is 0. The van der Waals surface area contributed by atoms with E-state index in [9.17, 15) is 9.59 Å². The molecular formula is C21H27N3O2. The predicted molar refractivity (Wildman–Crippen MR) is 107 cm³/mol. The van der Waals surface area contributed by atoms with Crippen LogP contribution in [0.1, 0.15) is 36.2 Å². The van der Waals surface area contributed by atoms with Crippen molar-refractivity contribution >= 4 is 23.2 Å². The first kappa shape index (κ1) is 19.5. The fourth-order valence-electron chi connectivity index (χ4n) is 2.78. The fraction of sp³-hybridized carbons (Fsp3) is 0.333. The molecule has 0 saturated carbocycles. The zero-order chi connectivity index (χ0) is 18.9. The lowest BCUT2D eigenvalue weighted by molar-refractivity contribution is -0.116.